The highest BCUT2D eigenvalue weighted by Crippen LogP contribution is 2.26. The fraction of sp³-hybridized carbons (Fsp3) is 0.571. The summed E-state index contributed by atoms with van der Waals surface area (Å²) in [5, 5.41) is 9.19. The van der Waals surface area contributed by atoms with Gasteiger partial charge in [0.05, 0.1) is 0 Å². The molecule has 10 heteroatoms. The molecular weight excluding hydrogens is 329 g/mol. The van der Waals surface area contributed by atoms with E-state index >= 15 is 0 Å². The zero-order valence-electron chi connectivity index (χ0n) is 12.5. The minimum absolute atomic E-state index is 0.0751. The molecule has 128 valence electrons. The number of amides is 1. The number of hydrogen-bond acceptors (Lipinski definition) is 4. The lowest BCUT2D eigenvalue weighted by Gasteiger charge is -2.19. The molecule has 1 saturated heterocycles. The molecule has 0 aliphatic carbocycles. The molecular formula is C14H13F3N4O3. The molecule has 0 saturated carbocycles. The second kappa shape index (κ2) is 5.51. The number of nitrogens with zero attached hydrogens (tertiary/aromatic N) is 4. The summed E-state index contributed by atoms with van der Waals surface area (Å²) in [6.45, 7) is -1.30. The van der Waals surface area contributed by atoms with E-state index < -0.39 is 35.9 Å². The monoisotopic (exact) mass is 342 g/mol. The smallest absolute Gasteiger partial charge is 0.332 e. The number of carbonyl (C=O) groups is 1. The third-order valence-electron chi connectivity index (χ3n) is 4.34. The second-order valence-corrected chi connectivity index (χ2v) is 5.83. The zero-order chi connectivity index (χ0) is 17.6. The maximum atomic E-state index is 12.5. The van der Waals surface area contributed by atoms with Crippen molar-refractivity contribution in [1.82, 2.24) is 14.0 Å². The first-order chi connectivity index (χ1) is 11.2. The van der Waals surface area contributed by atoms with E-state index in [1.54, 1.807) is 6.07 Å². The summed E-state index contributed by atoms with van der Waals surface area (Å²) in [5.41, 5.74) is -1.52. The average Bonchev–Trinajstić information content (AvgIpc) is 3.08. The molecule has 1 aromatic rings. The lowest BCUT2D eigenvalue weighted by Crippen LogP contribution is -2.46. The van der Waals surface area contributed by atoms with Gasteiger partial charge >= 0.3 is 11.9 Å². The molecule has 24 heavy (non-hydrogen) atoms. The van der Waals surface area contributed by atoms with E-state index in [0.717, 1.165) is 0 Å². The van der Waals surface area contributed by atoms with Crippen LogP contribution in [0.5, 0.6) is 0 Å². The molecule has 0 spiro atoms. The molecule has 0 radical (unpaired) electrons. The Morgan fingerprint density at radius 2 is 1.92 bits per heavy atom. The highest BCUT2D eigenvalue weighted by Gasteiger charge is 2.41. The molecule has 2 aliphatic heterocycles. The fourth-order valence-corrected chi connectivity index (χ4v) is 3.33. The van der Waals surface area contributed by atoms with Gasteiger partial charge in [0, 0.05) is 18.8 Å². The van der Waals surface area contributed by atoms with E-state index in [-0.39, 0.29) is 18.5 Å². The van der Waals surface area contributed by atoms with Crippen LogP contribution in [0.4, 0.5) is 13.2 Å². The maximum absolute atomic E-state index is 12.5. The standard InChI is InChI=1S/C14H13F3N4O3/c15-14(16,17)7-19-5-3-10(12(19)23)21-11(22)8(6-18)9-2-1-4-20(9)13(21)24/h10H,1-5,7H2. The molecule has 0 aromatic carbocycles. The van der Waals surface area contributed by atoms with Gasteiger partial charge in [-0.3, -0.25) is 14.2 Å². The summed E-state index contributed by atoms with van der Waals surface area (Å²) in [4.78, 5) is 37.7. The first-order valence-corrected chi connectivity index (χ1v) is 7.38. The lowest BCUT2D eigenvalue weighted by atomic mass is 10.2. The van der Waals surface area contributed by atoms with Gasteiger partial charge in [-0.25, -0.2) is 9.36 Å². The number of nitriles is 1. The minimum atomic E-state index is -4.56. The van der Waals surface area contributed by atoms with Crippen LogP contribution in [-0.2, 0) is 17.8 Å². The zero-order valence-corrected chi connectivity index (χ0v) is 12.5. The van der Waals surface area contributed by atoms with Crippen LogP contribution in [0.25, 0.3) is 0 Å². The normalized spacial score (nSPS) is 20.3. The largest absolute Gasteiger partial charge is 0.406 e. The molecule has 1 unspecified atom stereocenters. The number of alkyl halides is 3. The maximum Gasteiger partial charge on any atom is 0.406 e. The summed E-state index contributed by atoms with van der Waals surface area (Å²) in [6.07, 6.45) is -3.63. The van der Waals surface area contributed by atoms with Gasteiger partial charge in [-0.15, -0.1) is 0 Å². The Bertz CT molecular complexity index is 862. The molecule has 0 bridgehead atoms. The van der Waals surface area contributed by atoms with Gasteiger partial charge in [0.1, 0.15) is 24.2 Å². The summed E-state index contributed by atoms with van der Waals surface area (Å²) in [5.74, 6) is -0.922. The van der Waals surface area contributed by atoms with Gasteiger partial charge < -0.3 is 4.90 Å². The van der Waals surface area contributed by atoms with E-state index in [1.165, 1.54) is 4.57 Å². The van der Waals surface area contributed by atoms with Gasteiger partial charge in [0.2, 0.25) is 5.91 Å². The van der Waals surface area contributed by atoms with Crippen molar-refractivity contribution < 1.29 is 18.0 Å². The Kier molecular flexibility index (Phi) is 3.74. The summed E-state index contributed by atoms with van der Waals surface area (Å²) >= 11 is 0. The fourth-order valence-electron chi connectivity index (χ4n) is 3.33. The number of likely N-dealkylation sites (tertiary alicyclic amines) is 1. The van der Waals surface area contributed by atoms with Crippen molar-refractivity contribution in [2.24, 2.45) is 0 Å². The van der Waals surface area contributed by atoms with E-state index in [1.807, 2.05) is 0 Å². The van der Waals surface area contributed by atoms with Crippen molar-refractivity contribution in [3.05, 3.63) is 32.1 Å². The van der Waals surface area contributed by atoms with Crippen molar-refractivity contribution in [3.8, 4) is 6.07 Å². The predicted octanol–water partition coefficient (Wildman–Crippen LogP) is 0.164. The van der Waals surface area contributed by atoms with Crippen LogP contribution >= 0.6 is 0 Å². The molecule has 2 aliphatic rings. The topological polar surface area (TPSA) is 88.1 Å². The third-order valence-corrected chi connectivity index (χ3v) is 4.34. The van der Waals surface area contributed by atoms with Crippen LogP contribution in [0, 0.1) is 11.3 Å². The first-order valence-electron chi connectivity index (χ1n) is 7.38. The summed E-state index contributed by atoms with van der Waals surface area (Å²) < 4.78 is 39.4. The molecule has 3 heterocycles. The van der Waals surface area contributed by atoms with Gasteiger partial charge in [0.15, 0.2) is 0 Å². The molecule has 7 nitrogen and oxygen atoms in total. The Morgan fingerprint density at radius 1 is 1.21 bits per heavy atom. The first kappa shape index (κ1) is 16.3. The van der Waals surface area contributed by atoms with Crippen LogP contribution in [0.1, 0.15) is 30.1 Å². The Morgan fingerprint density at radius 3 is 2.54 bits per heavy atom. The van der Waals surface area contributed by atoms with Crippen molar-refractivity contribution in [1.29, 1.82) is 5.26 Å². The summed E-state index contributed by atoms with van der Waals surface area (Å²) in [6, 6.07) is 0.459. The number of carbonyl (C=O) groups excluding carboxylic acids is 1. The highest BCUT2D eigenvalue weighted by atomic mass is 19.4. The van der Waals surface area contributed by atoms with E-state index in [2.05, 4.69) is 0 Å². The minimum Gasteiger partial charge on any atom is -0.332 e. The van der Waals surface area contributed by atoms with Crippen molar-refractivity contribution in [2.75, 3.05) is 13.1 Å². The van der Waals surface area contributed by atoms with Crippen molar-refractivity contribution in [3.63, 3.8) is 0 Å². The average molecular weight is 342 g/mol. The van der Waals surface area contributed by atoms with Crippen molar-refractivity contribution in [2.45, 2.75) is 38.0 Å². The second-order valence-electron chi connectivity index (χ2n) is 5.83. The van der Waals surface area contributed by atoms with Gasteiger partial charge in [-0.05, 0) is 19.3 Å². The lowest BCUT2D eigenvalue weighted by molar-refractivity contribution is -0.158. The highest BCUT2D eigenvalue weighted by molar-refractivity contribution is 5.82. The van der Waals surface area contributed by atoms with Crippen molar-refractivity contribution >= 4 is 5.91 Å². The molecule has 1 aromatic heterocycles. The molecule has 1 amide bonds. The number of rotatable bonds is 2. The molecule has 1 atom stereocenters. The Balaban J connectivity index is 2.06. The third kappa shape index (κ3) is 2.50. The van der Waals surface area contributed by atoms with Gasteiger partial charge in [-0.1, -0.05) is 0 Å². The number of aromatic nitrogens is 2. The van der Waals surface area contributed by atoms with E-state index in [9.17, 15) is 32.8 Å². The number of halogens is 3. The van der Waals surface area contributed by atoms with Crippen LogP contribution < -0.4 is 11.2 Å². The van der Waals surface area contributed by atoms with Gasteiger partial charge in [0.25, 0.3) is 5.56 Å². The number of hydrogen-bond donors (Lipinski definition) is 0. The quantitative estimate of drug-likeness (QED) is 0.766. The number of fused-ring (bicyclic) bond motifs is 1. The van der Waals surface area contributed by atoms with Crippen LogP contribution in [-0.4, -0.2) is 39.2 Å². The van der Waals surface area contributed by atoms with E-state index in [0.29, 0.717) is 34.5 Å². The Labute approximate surface area is 133 Å². The SMILES string of the molecule is N#Cc1c2n(c(=O)n(C3CCN(CC(F)(F)F)C3=O)c1=O)CCC2. The molecule has 1 fully saturated rings. The van der Waals surface area contributed by atoms with Gasteiger partial charge in [-0.2, -0.15) is 18.4 Å². The molecule has 3 rings (SSSR count). The Hall–Kier alpha value is -2.57. The van der Waals surface area contributed by atoms with E-state index in [4.69, 9.17) is 0 Å². The van der Waals surface area contributed by atoms with Crippen LogP contribution in [0.15, 0.2) is 9.59 Å². The predicted molar refractivity (Wildman–Crippen MR) is 74.3 cm³/mol. The summed E-state index contributed by atoms with van der Waals surface area (Å²) in [7, 11) is 0. The van der Waals surface area contributed by atoms with Crippen LogP contribution in [0.2, 0.25) is 0 Å². The molecule has 0 N–H and O–H groups in total. The van der Waals surface area contributed by atoms with Crippen LogP contribution in [0.3, 0.4) is 0 Å².